The topological polar surface area (TPSA) is 32.3 Å². The van der Waals surface area contributed by atoms with E-state index in [1.54, 1.807) is 0 Å². The van der Waals surface area contributed by atoms with Crippen molar-refractivity contribution in [2.75, 3.05) is 5.32 Å². The number of rotatable bonds is 2. The summed E-state index contributed by atoms with van der Waals surface area (Å²) in [4.78, 5) is 0. The van der Waals surface area contributed by atoms with E-state index >= 15 is 0 Å². The highest BCUT2D eigenvalue weighted by molar-refractivity contribution is 5.45. The minimum Gasteiger partial charge on any atom is -0.391 e. The van der Waals surface area contributed by atoms with Gasteiger partial charge in [-0.3, -0.25) is 0 Å². The molecule has 1 fully saturated rings. The molecule has 0 aliphatic heterocycles. The van der Waals surface area contributed by atoms with Gasteiger partial charge in [-0.15, -0.1) is 0 Å². The maximum atomic E-state index is 9.82. The van der Waals surface area contributed by atoms with Crippen molar-refractivity contribution in [2.24, 2.45) is 0 Å². The average molecular weight is 205 g/mol. The molecule has 2 nitrogen and oxygen atoms in total. The Morgan fingerprint density at radius 2 is 1.80 bits per heavy atom. The van der Waals surface area contributed by atoms with Gasteiger partial charge in [0.15, 0.2) is 0 Å². The fourth-order valence-electron chi connectivity index (χ4n) is 2.14. The van der Waals surface area contributed by atoms with E-state index in [1.807, 2.05) is 0 Å². The van der Waals surface area contributed by atoms with Crippen LogP contribution in [-0.2, 0) is 0 Å². The molecule has 1 saturated carbocycles. The quantitative estimate of drug-likeness (QED) is 0.778. The third kappa shape index (κ3) is 2.72. The van der Waals surface area contributed by atoms with Gasteiger partial charge in [-0.1, -0.05) is 30.5 Å². The van der Waals surface area contributed by atoms with Gasteiger partial charge in [0.2, 0.25) is 0 Å². The molecule has 2 N–H and O–H groups in total. The van der Waals surface area contributed by atoms with Gasteiger partial charge in [0, 0.05) is 5.69 Å². The van der Waals surface area contributed by atoms with Crippen LogP contribution in [0.4, 0.5) is 5.69 Å². The Hall–Kier alpha value is -1.02. The largest absolute Gasteiger partial charge is 0.391 e. The lowest BCUT2D eigenvalue weighted by molar-refractivity contribution is 0.116. The van der Waals surface area contributed by atoms with Crippen molar-refractivity contribution in [1.82, 2.24) is 0 Å². The zero-order valence-electron chi connectivity index (χ0n) is 9.24. The molecule has 0 radical (unpaired) electrons. The van der Waals surface area contributed by atoms with E-state index in [1.165, 1.54) is 12.0 Å². The molecule has 15 heavy (non-hydrogen) atoms. The van der Waals surface area contributed by atoms with Crippen molar-refractivity contribution in [3.63, 3.8) is 0 Å². The molecule has 1 unspecified atom stereocenters. The molecule has 82 valence electrons. The van der Waals surface area contributed by atoms with Gasteiger partial charge in [0.25, 0.3) is 0 Å². The van der Waals surface area contributed by atoms with Crippen molar-refractivity contribution in [3.8, 4) is 0 Å². The van der Waals surface area contributed by atoms with Crippen LogP contribution in [-0.4, -0.2) is 17.3 Å². The van der Waals surface area contributed by atoms with Crippen LogP contribution in [0.5, 0.6) is 0 Å². The number of hydrogen-bond acceptors (Lipinski definition) is 2. The Kier molecular flexibility index (Phi) is 3.27. The van der Waals surface area contributed by atoms with Crippen molar-refractivity contribution in [1.29, 1.82) is 0 Å². The lowest BCUT2D eigenvalue weighted by atomic mass is 9.92. The van der Waals surface area contributed by atoms with Crippen LogP contribution in [0.3, 0.4) is 0 Å². The summed E-state index contributed by atoms with van der Waals surface area (Å²) in [7, 11) is 0. The molecule has 1 aromatic carbocycles. The third-order valence-electron chi connectivity index (χ3n) is 3.13. The first-order valence-electron chi connectivity index (χ1n) is 5.77. The summed E-state index contributed by atoms with van der Waals surface area (Å²) in [6.07, 6.45) is 4.21. The van der Waals surface area contributed by atoms with Gasteiger partial charge in [-0.2, -0.15) is 0 Å². The number of hydrogen-bond donors (Lipinski definition) is 2. The molecule has 2 atom stereocenters. The van der Waals surface area contributed by atoms with Crippen molar-refractivity contribution in [3.05, 3.63) is 29.8 Å². The molecular weight excluding hydrogens is 186 g/mol. The summed E-state index contributed by atoms with van der Waals surface area (Å²) in [5.41, 5.74) is 2.39. The predicted molar refractivity (Wildman–Crippen MR) is 63.1 cm³/mol. The van der Waals surface area contributed by atoms with Gasteiger partial charge >= 0.3 is 0 Å². The molecule has 1 aliphatic carbocycles. The van der Waals surface area contributed by atoms with Crippen LogP contribution in [0.25, 0.3) is 0 Å². The molecule has 1 aromatic rings. The number of aliphatic hydroxyl groups is 1. The minimum atomic E-state index is -0.181. The summed E-state index contributed by atoms with van der Waals surface area (Å²) < 4.78 is 0. The summed E-state index contributed by atoms with van der Waals surface area (Å²) in [6, 6.07) is 8.59. The number of aliphatic hydroxyl groups excluding tert-OH is 1. The van der Waals surface area contributed by atoms with Crippen molar-refractivity contribution >= 4 is 5.69 Å². The molecule has 0 heterocycles. The highest BCUT2D eigenvalue weighted by Crippen LogP contribution is 2.22. The maximum Gasteiger partial charge on any atom is 0.0741 e. The van der Waals surface area contributed by atoms with Crippen LogP contribution in [0, 0.1) is 6.92 Å². The van der Waals surface area contributed by atoms with E-state index in [9.17, 15) is 5.11 Å². The van der Waals surface area contributed by atoms with Crippen LogP contribution in [0.15, 0.2) is 24.3 Å². The van der Waals surface area contributed by atoms with Crippen LogP contribution < -0.4 is 5.32 Å². The predicted octanol–water partition coefficient (Wildman–Crippen LogP) is 2.71. The first kappa shape index (κ1) is 10.5. The Balaban J connectivity index is 1.98. The van der Waals surface area contributed by atoms with Gasteiger partial charge in [0.05, 0.1) is 12.1 Å². The highest BCUT2D eigenvalue weighted by Gasteiger charge is 2.22. The van der Waals surface area contributed by atoms with E-state index in [0.717, 1.165) is 24.9 Å². The Bertz CT molecular complexity index is 307. The second-order valence-corrected chi connectivity index (χ2v) is 4.47. The van der Waals surface area contributed by atoms with Crippen molar-refractivity contribution in [2.45, 2.75) is 44.8 Å². The Morgan fingerprint density at radius 3 is 2.47 bits per heavy atom. The minimum absolute atomic E-state index is 0.181. The molecule has 1 aliphatic rings. The number of aryl methyl sites for hydroxylation is 1. The second-order valence-electron chi connectivity index (χ2n) is 4.47. The Labute approximate surface area is 91.3 Å². The lowest BCUT2D eigenvalue weighted by Crippen LogP contribution is -2.36. The summed E-state index contributed by atoms with van der Waals surface area (Å²) in [6.45, 7) is 2.08. The van der Waals surface area contributed by atoms with Crippen LogP contribution in [0.2, 0.25) is 0 Å². The molecule has 0 saturated heterocycles. The molecular formula is C13H19NO. The van der Waals surface area contributed by atoms with E-state index in [-0.39, 0.29) is 12.1 Å². The lowest BCUT2D eigenvalue weighted by Gasteiger charge is -2.29. The van der Waals surface area contributed by atoms with E-state index in [2.05, 4.69) is 36.5 Å². The summed E-state index contributed by atoms with van der Waals surface area (Å²) in [5, 5.41) is 13.2. The molecule has 0 amide bonds. The molecule has 2 rings (SSSR count). The van der Waals surface area contributed by atoms with Crippen LogP contribution in [0.1, 0.15) is 31.2 Å². The smallest absolute Gasteiger partial charge is 0.0741 e. The zero-order chi connectivity index (χ0) is 10.7. The maximum absolute atomic E-state index is 9.82. The van der Waals surface area contributed by atoms with E-state index in [0.29, 0.717) is 0 Å². The normalized spacial score (nSPS) is 26.3. The second kappa shape index (κ2) is 4.67. The molecule has 2 heteroatoms. The molecule has 0 bridgehead atoms. The first-order valence-corrected chi connectivity index (χ1v) is 5.77. The zero-order valence-corrected chi connectivity index (χ0v) is 9.24. The van der Waals surface area contributed by atoms with Gasteiger partial charge in [-0.05, 0) is 31.9 Å². The number of anilines is 1. The Morgan fingerprint density at radius 1 is 1.13 bits per heavy atom. The van der Waals surface area contributed by atoms with Crippen LogP contribution >= 0.6 is 0 Å². The standard InChI is InChI=1S/C13H19NO/c1-10-6-8-11(9-7-10)14-12-4-2-3-5-13(12)15/h6-9,12-15H,2-5H2,1H3/t12?,13-/m1/s1. The summed E-state index contributed by atoms with van der Waals surface area (Å²) in [5.74, 6) is 0. The number of benzene rings is 1. The summed E-state index contributed by atoms with van der Waals surface area (Å²) >= 11 is 0. The van der Waals surface area contributed by atoms with Gasteiger partial charge in [-0.25, -0.2) is 0 Å². The van der Waals surface area contributed by atoms with Gasteiger partial charge < -0.3 is 10.4 Å². The van der Waals surface area contributed by atoms with E-state index in [4.69, 9.17) is 0 Å². The molecule has 0 spiro atoms. The molecule has 0 aromatic heterocycles. The highest BCUT2D eigenvalue weighted by atomic mass is 16.3. The monoisotopic (exact) mass is 205 g/mol. The first-order chi connectivity index (χ1) is 7.25. The van der Waals surface area contributed by atoms with E-state index < -0.39 is 0 Å². The fourth-order valence-corrected chi connectivity index (χ4v) is 2.14. The SMILES string of the molecule is Cc1ccc(NC2CCCC[C@H]2O)cc1. The number of nitrogens with one attached hydrogen (secondary N) is 1. The van der Waals surface area contributed by atoms with Gasteiger partial charge in [0.1, 0.15) is 0 Å². The average Bonchev–Trinajstić information content (AvgIpc) is 2.25. The van der Waals surface area contributed by atoms with Crippen molar-refractivity contribution < 1.29 is 5.11 Å². The third-order valence-corrected chi connectivity index (χ3v) is 3.13. The fraction of sp³-hybridized carbons (Fsp3) is 0.538.